The van der Waals surface area contributed by atoms with E-state index in [1.807, 2.05) is 26.0 Å². The lowest BCUT2D eigenvalue weighted by Crippen LogP contribution is -2.27. The number of ether oxygens (including phenoxy) is 1. The normalized spacial score (nSPS) is 11.9. The summed E-state index contributed by atoms with van der Waals surface area (Å²) in [6.45, 7) is 8.08. The van der Waals surface area contributed by atoms with Gasteiger partial charge in [-0.25, -0.2) is 0 Å². The molecule has 0 spiro atoms. The van der Waals surface area contributed by atoms with Gasteiger partial charge < -0.3 is 10.1 Å². The van der Waals surface area contributed by atoms with Gasteiger partial charge in [0.1, 0.15) is 5.75 Å². The van der Waals surface area contributed by atoms with E-state index in [0.29, 0.717) is 5.56 Å². The van der Waals surface area contributed by atoms with Crippen molar-refractivity contribution in [3.63, 3.8) is 0 Å². The van der Waals surface area contributed by atoms with E-state index in [9.17, 15) is 4.79 Å². The lowest BCUT2D eigenvalue weighted by Gasteiger charge is -2.17. The second-order valence-electron chi connectivity index (χ2n) is 5.74. The van der Waals surface area contributed by atoms with E-state index in [-0.39, 0.29) is 11.9 Å². The molecule has 0 aliphatic carbocycles. The van der Waals surface area contributed by atoms with E-state index in [1.54, 1.807) is 13.2 Å². The molecule has 0 aliphatic rings. The van der Waals surface area contributed by atoms with Crippen LogP contribution in [0.15, 0.2) is 36.4 Å². The Morgan fingerprint density at radius 2 is 1.77 bits per heavy atom. The fourth-order valence-corrected chi connectivity index (χ4v) is 2.69. The van der Waals surface area contributed by atoms with Crippen molar-refractivity contribution in [1.29, 1.82) is 0 Å². The molecule has 0 aromatic heterocycles. The zero-order chi connectivity index (χ0) is 16.3. The molecule has 1 atom stereocenters. The molecule has 2 aromatic rings. The Morgan fingerprint density at radius 1 is 1.05 bits per heavy atom. The Morgan fingerprint density at radius 3 is 2.36 bits per heavy atom. The van der Waals surface area contributed by atoms with Crippen LogP contribution in [0.3, 0.4) is 0 Å². The van der Waals surface area contributed by atoms with Crippen LogP contribution < -0.4 is 10.1 Å². The first-order valence-electron chi connectivity index (χ1n) is 7.45. The highest BCUT2D eigenvalue weighted by molar-refractivity contribution is 5.94. The van der Waals surface area contributed by atoms with Gasteiger partial charge in [-0.3, -0.25) is 4.79 Å². The number of aryl methyl sites for hydroxylation is 3. The largest absolute Gasteiger partial charge is 0.496 e. The van der Waals surface area contributed by atoms with Crippen LogP contribution in [0.5, 0.6) is 5.75 Å². The van der Waals surface area contributed by atoms with E-state index < -0.39 is 0 Å². The second kappa shape index (κ2) is 6.65. The zero-order valence-electron chi connectivity index (χ0n) is 13.9. The summed E-state index contributed by atoms with van der Waals surface area (Å²) in [6, 6.07) is 11.7. The van der Waals surface area contributed by atoms with Gasteiger partial charge in [-0.1, -0.05) is 23.8 Å². The van der Waals surface area contributed by atoms with Crippen LogP contribution in [0.2, 0.25) is 0 Å². The van der Waals surface area contributed by atoms with Crippen molar-refractivity contribution in [3.8, 4) is 5.75 Å². The van der Waals surface area contributed by atoms with Gasteiger partial charge in [0.05, 0.1) is 13.2 Å². The molecule has 3 nitrogen and oxygen atoms in total. The summed E-state index contributed by atoms with van der Waals surface area (Å²) in [4.78, 5) is 12.4. The van der Waals surface area contributed by atoms with Crippen molar-refractivity contribution < 1.29 is 9.53 Å². The number of methoxy groups -OCH3 is 1. The quantitative estimate of drug-likeness (QED) is 0.922. The Labute approximate surface area is 132 Å². The first-order chi connectivity index (χ1) is 10.4. The van der Waals surface area contributed by atoms with Crippen molar-refractivity contribution in [3.05, 3.63) is 64.2 Å². The molecule has 0 saturated heterocycles. The maximum Gasteiger partial charge on any atom is 0.251 e. The Kier molecular flexibility index (Phi) is 4.86. The Balaban J connectivity index is 2.15. The van der Waals surface area contributed by atoms with E-state index in [4.69, 9.17) is 4.74 Å². The summed E-state index contributed by atoms with van der Waals surface area (Å²) in [6.07, 6.45) is 0. The number of nitrogens with one attached hydrogen (secondary N) is 1. The zero-order valence-corrected chi connectivity index (χ0v) is 13.9. The van der Waals surface area contributed by atoms with Crippen LogP contribution in [-0.4, -0.2) is 13.0 Å². The maximum atomic E-state index is 12.4. The van der Waals surface area contributed by atoms with Gasteiger partial charge in [-0.15, -0.1) is 0 Å². The third-order valence-electron chi connectivity index (χ3n) is 3.90. The number of hydrogen-bond acceptors (Lipinski definition) is 2. The van der Waals surface area contributed by atoms with Crippen molar-refractivity contribution in [1.82, 2.24) is 5.32 Å². The molecule has 3 heteroatoms. The number of rotatable bonds is 4. The highest BCUT2D eigenvalue weighted by atomic mass is 16.5. The molecule has 0 aliphatic heterocycles. The summed E-state index contributed by atoms with van der Waals surface area (Å²) in [5.74, 6) is 0.720. The van der Waals surface area contributed by atoms with Gasteiger partial charge >= 0.3 is 0 Å². The summed E-state index contributed by atoms with van der Waals surface area (Å²) < 4.78 is 5.23. The minimum atomic E-state index is -0.0711. The molecular formula is C19H23NO2. The SMILES string of the molecule is COc1ccc(C(=O)N[C@@H](C)c2ccc(C)cc2C)cc1C. The molecule has 1 amide bonds. The van der Waals surface area contributed by atoms with Gasteiger partial charge in [-0.05, 0) is 62.6 Å². The number of carbonyl (C=O) groups excluding carboxylic acids is 1. The van der Waals surface area contributed by atoms with Crippen LogP contribution in [0.4, 0.5) is 0 Å². The third-order valence-corrected chi connectivity index (χ3v) is 3.90. The molecular weight excluding hydrogens is 274 g/mol. The van der Waals surface area contributed by atoms with Crippen LogP contribution in [0.25, 0.3) is 0 Å². The first-order valence-corrected chi connectivity index (χ1v) is 7.45. The van der Waals surface area contributed by atoms with Gasteiger partial charge in [0.25, 0.3) is 5.91 Å². The summed E-state index contributed by atoms with van der Waals surface area (Å²) >= 11 is 0. The minimum absolute atomic E-state index is 0.0319. The Hall–Kier alpha value is -2.29. The van der Waals surface area contributed by atoms with Gasteiger partial charge in [0, 0.05) is 5.56 Å². The molecule has 0 saturated carbocycles. The molecule has 0 heterocycles. The van der Waals surface area contributed by atoms with Crippen molar-refractivity contribution in [2.45, 2.75) is 33.7 Å². The lowest BCUT2D eigenvalue weighted by molar-refractivity contribution is 0.0939. The predicted octanol–water partition coefficient (Wildman–Crippen LogP) is 4.11. The molecule has 1 N–H and O–H groups in total. The van der Waals surface area contributed by atoms with Crippen molar-refractivity contribution in [2.24, 2.45) is 0 Å². The maximum absolute atomic E-state index is 12.4. The summed E-state index contributed by atoms with van der Waals surface area (Å²) in [7, 11) is 1.63. The summed E-state index contributed by atoms with van der Waals surface area (Å²) in [5.41, 5.74) is 5.16. The number of benzene rings is 2. The van der Waals surface area contributed by atoms with E-state index in [1.165, 1.54) is 11.1 Å². The van der Waals surface area contributed by atoms with Gasteiger partial charge in [0.15, 0.2) is 0 Å². The predicted molar refractivity (Wildman–Crippen MR) is 89.5 cm³/mol. The first kappa shape index (κ1) is 16.1. The molecule has 2 aromatic carbocycles. The standard InChI is InChI=1S/C19H23NO2/c1-12-6-8-17(13(2)10-12)15(4)20-19(21)16-7-9-18(22-5)14(3)11-16/h6-11,15H,1-5H3,(H,20,21)/t15-/m0/s1. The van der Waals surface area contributed by atoms with Gasteiger partial charge in [0.2, 0.25) is 0 Å². The number of amides is 1. The molecule has 0 fully saturated rings. The van der Waals surface area contributed by atoms with Crippen LogP contribution in [0.1, 0.15) is 45.6 Å². The fourth-order valence-electron chi connectivity index (χ4n) is 2.69. The van der Waals surface area contributed by atoms with Crippen LogP contribution >= 0.6 is 0 Å². The van der Waals surface area contributed by atoms with Crippen LogP contribution in [-0.2, 0) is 0 Å². The molecule has 0 bridgehead atoms. The van der Waals surface area contributed by atoms with Crippen LogP contribution in [0, 0.1) is 20.8 Å². The molecule has 0 unspecified atom stereocenters. The topological polar surface area (TPSA) is 38.3 Å². The average Bonchev–Trinajstić information content (AvgIpc) is 2.46. The highest BCUT2D eigenvalue weighted by Gasteiger charge is 2.14. The number of hydrogen-bond donors (Lipinski definition) is 1. The van der Waals surface area contributed by atoms with E-state index in [0.717, 1.165) is 16.9 Å². The smallest absolute Gasteiger partial charge is 0.251 e. The molecule has 0 radical (unpaired) electrons. The molecule has 116 valence electrons. The van der Waals surface area contributed by atoms with E-state index in [2.05, 4.69) is 37.4 Å². The monoisotopic (exact) mass is 297 g/mol. The average molecular weight is 297 g/mol. The van der Waals surface area contributed by atoms with Crippen molar-refractivity contribution in [2.75, 3.05) is 7.11 Å². The van der Waals surface area contributed by atoms with Crippen molar-refractivity contribution >= 4 is 5.91 Å². The summed E-state index contributed by atoms with van der Waals surface area (Å²) in [5, 5.41) is 3.06. The second-order valence-corrected chi connectivity index (χ2v) is 5.74. The number of carbonyl (C=O) groups is 1. The Bertz CT molecular complexity index is 692. The van der Waals surface area contributed by atoms with E-state index >= 15 is 0 Å². The highest BCUT2D eigenvalue weighted by Crippen LogP contribution is 2.21. The van der Waals surface area contributed by atoms with Gasteiger partial charge in [-0.2, -0.15) is 0 Å². The third kappa shape index (κ3) is 3.48. The molecule has 22 heavy (non-hydrogen) atoms. The molecule has 2 rings (SSSR count). The lowest BCUT2D eigenvalue weighted by atomic mass is 10.00. The fraction of sp³-hybridized carbons (Fsp3) is 0.316. The minimum Gasteiger partial charge on any atom is -0.496 e.